The van der Waals surface area contributed by atoms with Crippen LogP contribution in [0.1, 0.15) is 36.5 Å². The van der Waals surface area contributed by atoms with Crippen molar-refractivity contribution in [2.45, 2.75) is 31.0 Å². The van der Waals surface area contributed by atoms with Gasteiger partial charge in [-0.05, 0) is 36.6 Å². The maximum atomic E-state index is 14.1. The van der Waals surface area contributed by atoms with Crippen molar-refractivity contribution in [3.8, 4) is 11.5 Å². The van der Waals surface area contributed by atoms with Crippen LogP contribution in [0.3, 0.4) is 0 Å². The monoisotopic (exact) mass is 387 g/mol. The van der Waals surface area contributed by atoms with Gasteiger partial charge in [-0.25, -0.2) is 4.39 Å². The molecule has 1 saturated heterocycles. The number of nitrogens with zero attached hydrogens (tertiary/aromatic N) is 1. The lowest BCUT2D eigenvalue weighted by molar-refractivity contribution is -0.0367. The predicted molar refractivity (Wildman–Crippen MR) is 103 cm³/mol. The van der Waals surface area contributed by atoms with Crippen LogP contribution >= 0.6 is 0 Å². The van der Waals surface area contributed by atoms with Gasteiger partial charge in [-0.3, -0.25) is 0 Å². The van der Waals surface area contributed by atoms with E-state index in [2.05, 4.69) is 4.90 Å². The second kappa shape index (κ2) is 8.07. The van der Waals surface area contributed by atoms with E-state index in [1.165, 1.54) is 6.07 Å². The number of rotatable bonds is 4. The minimum Gasteiger partial charge on any atom is -0.490 e. The third kappa shape index (κ3) is 3.99. The molecular formula is C22H26FNO4. The molecule has 2 aromatic rings. The van der Waals surface area contributed by atoms with Gasteiger partial charge in [-0.15, -0.1) is 0 Å². The van der Waals surface area contributed by atoms with Crippen LogP contribution in [0.4, 0.5) is 4.39 Å². The smallest absolute Gasteiger partial charge is 0.161 e. The molecule has 150 valence electrons. The van der Waals surface area contributed by atoms with E-state index in [4.69, 9.17) is 9.47 Å². The summed E-state index contributed by atoms with van der Waals surface area (Å²) in [5, 5.41) is 21.6. The van der Waals surface area contributed by atoms with E-state index < -0.39 is 11.7 Å². The molecule has 6 heteroatoms. The number of piperidine rings is 1. The summed E-state index contributed by atoms with van der Waals surface area (Å²) in [7, 11) is 0. The molecule has 5 nitrogen and oxygen atoms in total. The van der Waals surface area contributed by atoms with Crippen LogP contribution < -0.4 is 9.47 Å². The van der Waals surface area contributed by atoms with Gasteiger partial charge in [0.2, 0.25) is 0 Å². The Kier molecular flexibility index (Phi) is 5.53. The second-order valence-electron chi connectivity index (χ2n) is 7.58. The third-order valence-electron chi connectivity index (χ3n) is 5.65. The van der Waals surface area contributed by atoms with Crippen LogP contribution in [0.5, 0.6) is 11.5 Å². The highest BCUT2D eigenvalue weighted by Gasteiger charge is 2.36. The highest BCUT2D eigenvalue weighted by atomic mass is 19.1. The molecule has 0 amide bonds. The summed E-state index contributed by atoms with van der Waals surface area (Å²) in [6.45, 7) is 2.87. The Balaban J connectivity index is 1.38. The number of fused-ring (bicyclic) bond motifs is 1. The highest BCUT2D eigenvalue weighted by Crippen LogP contribution is 2.36. The summed E-state index contributed by atoms with van der Waals surface area (Å²) in [5.74, 6) is 1.01. The fraction of sp³-hybridized carbons (Fsp3) is 0.455. The van der Waals surface area contributed by atoms with Crippen LogP contribution in [0.2, 0.25) is 0 Å². The van der Waals surface area contributed by atoms with Crippen molar-refractivity contribution in [3.05, 3.63) is 59.4 Å². The molecule has 2 heterocycles. The summed E-state index contributed by atoms with van der Waals surface area (Å²) in [5.41, 5.74) is -0.0144. The zero-order chi connectivity index (χ0) is 19.6. The van der Waals surface area contributed by atoms with Gasteiger partial charge in [-0.1, -0.05) is 24.3 Å². The van der Waals surface area contributed by atoms with E-state index >= 15 is 0 Å². The first-order valence-corrected chi connectivity index (χ1v) is 9.82. The molecule has 2 N–H and O–H groups in total. The van der Waals surface area contributed by atoms with Crippen molar-refractivity contribution < 1.29 is 24.1 Å². The molecule has 2 aliphatic rings. The molecule has 2 aliphatic heterocycles. The number of hydrogen-bond donors (Lipinski definition) is 2. The lowest BCUT2D eigenvalue weighted by Gasteiger charge is -2.39. The summed E-state index contributed by atoms with van der Waals surface area (Å²) >= 11 is 0. The topological polar surface area (TPSA) is 62.2 Å². The van der Waals surface area contributed by atoms with Gasteiger partial charge in [0.25, 0.3) is 0 Å². The largest absolute Gasteiger partial charge is 0.490 e. The van der Waals surface area contributed by atoms with Crippen molar-refractivity contribution in [3.63, 3.8) is 0 Å². The van der Waals surface area contributed by atoms with Crippen LogP contribution in [-0.4, -0.2) is 48.0 Å². The zero-order valence-corrected chi connectivity index (χ0v) is 15.8. The summed E-state index contributed by atoms with van der Waals surface area (Å²) in [6, 6.07) is 11.9. The molecule has 28 heavy (non-hydrogen) atoms. The Morgan fingerprint density at radius 3 is 2.50 bits per heavy atom. The number of aliphatic hydroxyl groups is 2. The molecule has 0 aliphatic carbocycles. The first-order valence-electron chi connectivity index (χ1n) is 9.82. The lowest BCUT2D eigenvalue weighted by Crippen LogP contribution is -2.44. The summed E-state index contributed by atoms with van der Waals surface area (Å²) < 4.78 is 25.4. The Labute approximate surface area is 164 Å². The standard InChI is InChI=1S/C22H26FNO4/c23-18-5-2-1-4-17(18)22(26)8-10-24(11-9-22)15-19(25)16-6-7-20-21(14-16)28-13-3-12-27-20/h1-2,4-7,14,19,25-26H,3,8-13,15H2. The molecule has 0 bridgehead atoms. The summed E-state index contributed by atoms with van der Waals surface area (Å²) in [6.07, 6.45) is 1.03. The minimum atomic E-state index is -1.15. The van der Waals surface area contributed by atoms with Gasteiger partial charge in [-0.2, -0.15) is 0 Å². The van der Waals surface area contributed by atoms with Crippen molar-refractivity contribution in [1.29, 1.82) is 0 Å². The molecule has 1 atom stereocenters. The maximum absolute atomic E-state index is 14.1. The number of ether oxygens (including phenoxy) is 2. The van der Waals surface area contributed by atoms with Crippen molar-refractivity contribution in [2.75, 3.05) is 32.8 Å². The van der Waals surface area contributed by atoms with Gasteiger partial charge in [0.1, 0.15) is 5.82 Å². The number of likely N-dealkylation sites (tertiary alicyclic amines) is 1. The summed E-state index contributed by atoms with van der Waals surface area (Å²) in [4.78, 5) is 2.10. The maximum Gasteiger partial charge on any atom is 0.161 e. The van der Waals surface area contributed by atoms with Crippen LogP contribution in [0, 0.1) is 5.82 Å². The van der Waals surface area contributed by atoms with Crippen molar-refractivity contribution >= 4 is 0 Å². The van der Waals surface area contributed by atoms with Crippen molar-refractivity contribution in [2.24, 2.45) is 0 Å². The SMILES string of the molecule is OC(CN1CCC(O)(c2ccccc2F)CC1)c1ccc2c(c1)OCCCO2. The first kappa shape index (κ1) is 19.2. The Bertz CT molecular complexity index is 820. The molecule has 4 rings (SSSR count). The van der Waals surface area contributed by atoms with Crippen LogP contribution in [0.15, 0.2) is 42.5 Å². The number of benzene rings is 2. The molecular weight excluding hydrogens is 361 g/mol. The molecule has 0 saturated carbocycles. The highest BCUT2D eigenvalue weighted by molar-refractivity contribution is 5.44. The minimum absolute atomic E-state index is 0.359. The third-order valence-corrected chi connectivity index (χ3v) is 5.65. The number of hydrogen-bond acceptors (Lipinski definition) is 5. The Morgan fingerprint density at radius 2 is 1.75 bits per heavy atom. The number of aliphatic hydroxyl groups excluding tert-OH is 1. The molecule has 1 unspecified atom stereocenters. The molecule has 0 aromatic heterocycles. The van der Waals surface area contributed by atoms with E-state index in [9.17, 15) is 14.6 Å². The average molecular weight is 387 g/mol. The normalized spacial score (nSPS) is 20.4. The fourth-order valence-corrected chi connectivity index (χ4v) is 3.95. The van der Waals surface area contributed by atoms with Gasteiger partial charge in [0.15, 0.2) is 11.5 Å². The van der Waals surface area contributed by atoms with E-state index in [1.807, 2.05) is 18.2 Å². The van der Waals surface area contributed by atoms with E-state index in [0.717, 1.165) is 12.0 Å². The van der Waals surface area contributed by atoms with E-state index in [-0.39, 0.29) is 5.82 Å². The molecule has 0 radical (unpaired) electrons. The zero-order valence-electron chi connectivity index (χ0n) is 15.8. The van der Waals surface area contributed by atoms with Crippen LogP contribution in [-0.2, 0) is 5.60 Å². The average Bonchev–Trinajstić information content (AvgIpc) is 2.95. The van der Waals surface area contributed by atoms with E-state index in [1.54, 1.807) is 18.2 Å². The van der Waals surface area contributed by atoms with Crippen molar-refractivity contribution in [1.82, 2.24) is 4.90 Å². The lowest BCUT2D eigenvalue weighted by atomic mass is 9.84. The molecule has 0 spiro atoms. The van der Waals surface area contributed by atoms with Gasteiger partial charge < -0.3 is 24.6 Å². The quantitative estimate of drug-likeness (QED) is 0.845. The Morgan fingerprint density at radius 1 is 1.04 bits per heavy atom. The number of halogens is 1. The van der Waals surface area contributed by atoms with Gasteiger partial charge in [0, 0.05) is 31.6 Å². The number of β-amino-alcohol motifs (C(OH)–C–C–N with tert-alkyl or cyclic N) is 1. The molecule has 1 fully saturated rings. The molecule has 2 aromatic carbocycles. The van der Waals surface area contributed by atoms with E-state index in [0.29, 0.717) is 62.8 Å². The fourth-order valence-electron chi connectivity index (χ4n) is 3.95. The van der Waals surface area contributed by atoms with Crippen LogP contribution in [0.25, 0.3) is 0 Å². The van der Waals surface area contributed by atoms with Gasteiger partial charge in [0.05, 0.1) is 24.9 Å². The Hall–Kier alpha value is -2.15. The first-order chi connectivity index (χ1) is 13.5. The second-order valence-corrected chi connectivity index (χ2v) is 7.58. The predicted octanol–water partition coefficient (Wildman–Crippen LogP) is 3.00. The van der Waals surface area contributed by atoms with Gasteiger partial charge >= 0.3 is 0 Å².